The van der Waals surface area contributed by atoms with Crippen LogP contribution in [0.2, 0.25) is 0 Å². The molecule has 1 aliphatic heterocycles. The number of aldehydes is 1. The molecule has 0 fully saturated rings. The minimum absolute atomic E-state index is 0.0447. The molecule has 0 saturated carbocycles. The fourth-order valence-electron chi connectivity index (χ4n) is 3.07. The number of benzene rings is 2. The Bertz CT molecular complexity index is 875. The monoisotopic (exact) mass is 372 g/mol. The molecule has 0 amide bonds. The van der Waals surface area contributed by atoms with Crippen LogP contribution in [0.25, 0.3) is 6.08 Å². The summed E-state index contributed by atoms with van der Waals surface area (Å²) in [5, 5.41) is 31.0. The zero-order valence-corrected chi connectivity index (χ0v) is 14.8. The summed E-state index contributed by atoms with van der Waals surface area (Å²) >= 11 is 0. The Morgan fingerprint density at radius 2 is 1.81 bits per heavy atom. The fourth-order valence-corrected chi connectivity index (χ4v) is 3.07. The quantitative estimate of drug-likeness (QED) is 0.545. The molecule has 0 saturated heterocycles. The summed E-state index contributed by atoms with van der Waals surface area (Å²) in [4.78, 5) is 10.6. The van der Waals surface area contributed by atoms with E-state index in [0.717, 1.165) is 0 Å². The summed E-state index contributed by atoms with van der Waals surface area (Å²) in [5.41, 5.74) is 1.50. The number of hydrogen-bond acceptors (Lipinski definition) is 7. The van der Waals surface area contributed by atoms with Gasteiger partial charge in [0.05, 0.1) is 14.2 Å². The second-order valence-electron chi connectivity index (χ2n) is 6.04. The lowest BCUT2D eigenvalue weighted by Crippen LogP contribution is -2.34. The highest BCUT2D eigenvalue weighted by molar-refractivity contribution is 5.75. The number of hydrogen-bond donors (Lipinski definition) is 3. The third-order valence-electron chi connectivity index (χ3n) is 4.42. The zero-order chi connectivity index (χ0) is 19.6. The van der Waals surface area contributed by atoms with Gasteiger partial charge < -0.3 is 29.5 Å². The first-order chi connectivity index (χ1) is 13.0. The van der Waals surface area contributed by atoms with Gasteiger partial charge >= 0.3 is 0 Å². The van der Waals surface area contributed by atoms with Crippen molar-refractivity contribution >= 4 is 12.4 Å². The molecule has 0 bridgehead atoms. The van der Waals surface area contributed by atoms with E-state index < -0.39 is 18.3 Å². The van der Waals surface area contributed by atoms with Gasteiger partial charge in [0.25, 0.3) is 0 Å². The number of rotatable bonds is 5. The molecule has 2 aromatic carbocycles. The maximum Gasteiger partial charge on any atom is 0.168 e. The van der Waals surface area contributed by atoms with Crippen LogP contribution in [-0.4, -0.2) is 41.9 Å². The number of aliphatic hydroxyl groups is 2. The predicted octanol–water partition coefficient (Wildman–Crippen LogP) is 2.15. The first-order valence-corrected chi connectivity index (χ1v) is 8.23. The molecule has 3 atom stereocenters. The lowest BCUT2D eigenvalue weighted by Gasteiger charge is -2.35. The topological polar surface area (TPSA) is 105 Å². The summed E-state index contributed by atoms with van der Waals surface area (Å²) in [6.07, 6.45) is 0.124. The van der Waals surface area contributed by atoms with Crippen molar-refractivity contribution in [2.24, 2.45) is 0 Å². The number of carbonyl (C=O) groups excluding carboxylic acids is 1. The molecular formula is C20H20O7. The number of aliphatic hydroxyl groups excluding tert-OH is 2. The molecule has 2 aromatic rings. The number of allylic oxidation sites excluding steroid dienone is 1. The second kappa shape index (κ2) is 7.69. The maximum atomic E-state index is 10.7. The summed E-state index contributed by atoms with van der Waals surface area (Å²) < 4.78 is 16.4. The van der Waals surface area contributed by atoms with Crippen LogP contribution in [0.1, 0.15) is 28.9 Å². The van der Waals surface area contributed by atoms with Gasteiger partial charge in [-0.3, -0.25) is 4.79 Å². The fraction of sp³-hybridized carbons (Fsp3) is 0.250. The molecule has 0 aromatic heterocycles. The van der Waals surface area contributed by atoms with Crippen molar-refractivity contribution in [2.45, 2.75) is 18.3 Å². The molecule has 0 radical (unpaired) electrons. The predicted molar refractivity (Wildman–Crippen MR) is 97.1 cm³/mol. The standard InChI is InChI=1S/C20H20O7/c1-25-15-10-12(5-6-14(15)22)19-18(24)17(23)13-8-11(4-3-7-21)9-16(26-2)20(13)27-19/h3-10,17-19,22-24H,1-2H3/t17-,18-,19-/m0/s1. The number of phenolic OH excluding ortho intramolecular Hbond substituents is 1. The van der Waals surface area contributed by atoms with Crippen LogP contribution in [0.5, 0.6) is 23.0 Å². The Morgan fingerprint density at radius 3 is 2.48 bits per heavy atom. The van der Waals surface area contributed by atoms with E-state index in [2.05, 4.69) is 0 Å². The molecule has 142 valence electrons. The van der Waals surface area contributed by atoms with E-state index in [1.807, 2.05) is 0 Å². The second-order valence-corrected chi connectivity index (χ2v) is 6.04. The van der Waals surface area contributed by atoms with E-state index in [1.54, 1.807) is 24.3 Å². The summed E-state index contributed by atoms with van der Waals surface area (Å²) in [6.45, 7) is 0. The Kier molecular flexibility index (Phi) is 5.34. The molecule has 0 spiro atoms. The Morgan fingerprint density at radius 1 is 1.07 bits per heavy atom. The van der Waals surface area contributed by atoms with Crippen molar-refractivity contribution in [1.29, 1.82) is 0 Å². The van der Waals surface area contributed by atoms with Crippen LogP contribution in [0.15, 0.2) is 36.4 Å². The van der Waals surface area contributed by atoms with Crippen molar-refractivity contribution in [2.75, 3.05) is 14.2 Å². The highest BCUT2D eigenvalue weighted by Gasteiger charge is 2.39. The van der Waals surface area contributed by atoms with E-state index >= 15 is 0 Å². The number of phenols is 1. The molecule has 7 nitrogen and oxygen atoms in total. The van der Waals surface area contributed by atoms with Crippen LogP contribution in [-0.2, 0) is 4.79 Å². The SMILES string of the molecule is COc1cc([C@@H]2Oc3c(OC)cc(C=CC=O)cc3[C@H](O)[C@@H]2O)ccc1O. The van der Waals surface area contributed by atoms with Crippen LogP contribution in [0.3, 0.4) is 0 Å². The van der Waals surface area contributed by atoms with Crippen molar-refractivity contribution in [1.82, 2.24) is 0 Å². The third kappa shape index (κ3) is 3.47. The number of methoxy groups -OCH3 is 2. The lowest BCUT2D eigenvalue weighted by molar-refractivity contribution is -0.104. The van der Waals surface area contributed by atoms with E-state index in [4.69, 9.17) is 14.2 Å². The van der Waals surface area contributed by atoms with E-state index in [0.29, 0.717) is 34.5 Å². The van der Waals surface area contributed by atoms with E-state index in [-0.39, 0.29) is 11.5 Å². The van der Waals surface area contributed by atoms with Gasteiger partial charge in [0, 0.05) is 5.56 Å². The maximum absolute atomic E-state index is 10.7. The minimum atomic E-state index is -1.26. The van der Waals surface area contributed by atoms with Gasteiger partial charge in [-0.15, -0.1) is 0 Å². The van der Waals surface area contributed by atoms with Gasteiger partial charge in [-0.25, -0.2) is 0 Å². The average molecular weight is 372 g/mol. The first-order valence-electron chi connectivity index (χ1n) is 8.23. The third-order valence-corrected chi connectivity index (χ3v) is 4.42. The zero-order valence-electron chi connectivity index (χ0n) is 14.8. The molecule has 3 N–H and O–H groups in total. The van der Waals surface area contributed by atoms with E-state index in [9.17, 15) is 20.1 Å². The highest BCUT2D eigenvalue weighted by Crippen LogP contribution is 2.47. The van der Waals surface area contributed by atoms with Crippen molar-refractivity contribution in [3.63, 3.8) is 0 Å². The van der Waals surface area contributed by atoms with Crippen LogP contribution < -0.4 is 14.2 Å². The van der Waals surface area contributed by atoms with Gasteiger partial charge in [0.1, 0.15) is 18.5 Å². The van der Waals surface area contributed by atoms with Crippen LogP contribution >= 0.6 is 0 Å². The van der Waals surface area contributed by atoms with Gasteiger partial charge in [0.15, 0.2) is 29.1 Å². The molecular weight excluding hydrogens is 352 g/mol. The van der Waals surface area contributed by atoms with Crippen molar-refractivity contribution in [3.8, 4) is 23.0 Å². The molecule has 27 heavy (non-hydrogen) atoms. The molecule has 1 heterocycles. The largest absolute Gasteiger partial charge is 0.504 e. The number of carbonyl (C=O) groups is 1. The smallest absolute Gasteiger partial charge is 0.168 e. The van der Waals surface area contributed by atoms with Gasteiger partial charge in [-0.05, 0) is 41.5 Å². The Hall–Kier alpha value is -3.03. The molecule has 3 rings (SSSR count). The Balaban J connectivity index is 2.06. The van der Waals surface area contributed by atoms with Gasteiger partial charge in [-0.1, -0.05) is 12.1 Å². The number of aromatic hydroxyl groups is 1. The highest BCUT2D eigenvalue weighted by atomic mass is 16.5. The van der Waals surface area contributed by atoms with Crippen molar-refractivity contribution in [3.05, 3.63) is 53.1 Å². The molecule has 0 aliphatic carbocycles. The van der Waals surface area contributed by atoms with E-state index in [1.165, 1.54) is 32.4 Å². The Labute approximate surface area is 156 Å². The minimum Gasteiger partial charge on any atom is -0.504 e. The van der Waals surface area contributed by atoms with Gasteiger partial charge in [0.2, 0.25) is 0 Å². The normalized spacial score (nSPS) is 21.4. The summed E-state index contributed by atoms with van der Waals surface area (Å²) in [7, 11) is 2.88. The molecule has 0 unspecified atom stereocenters. The number of fused-ring (bicyclic) bond motifs is 1. The average Bonchev–Trinajstić information content (AvgIpc) is 2.69. The lowest BCUT2D eigenvalue weighted by atomic mass is 9.90. The van der Waals surface area contributed by atoms with Crippen LogP contribution in [0, 0.1) is 0 Å². The van der Waals surface area contributed by atoms with Crippen LogP contribution in [0.4, 0.5) is 0 Å². The van der Waals surface area contributed by atoms with Gasteiger partial charge in [-0.2, -0.15) is 0 Å². The molecule has 7 heteroatoms. The summed E-state index contributed by atoms with van der Waals surface area (Å²) in [6, 6.07) is 7.83. The molecule has 1 aliphatic rings. The van der Waals surface area contributed by atoms with Crippen molar-refractivity contribution < 1.29 is 34.3 Å². The number of ether oxygens (including phenoxy) is 3. The summed E-state index contributed by atoms with van der Waals surface area (Å²) in [5.74, 6) is 0.844. The first kappa shape index (κ1) is 18.8.